The van der Waals surface area contributed by atoms with Crippen LogP contribution < -0.4 is 0 Å². The fourth-order valence-corrected chi connectivity index (χ4v) is 1.90. The maximum atomic E-state index is 10.8. The highest BCUT2D eigenvalue weighted by atomic mass is 16.4. The van der Waals surface area contributed by atoms with E-state index in [4.69, 9.17) is 14.8 Å². The number of nitrogens with zero attached hydrogens (tertiary/aromatic N) is 3. The van der Waals surface area contributed by atoms with Gasteiger partial charge >= 0.3 is 5.97 Å². The molecule has 1 aromatic heterocycles. The third kappa shape index (κ3) is 2.55. The number of aromatic carboxylic acids is 1. The van der Waals surface area contributed by atoms with Gasteiger partial charge < -0.3 is 9.52 Å². The maximum absolute atomic E-state index is 10.8. The van der Waals surface area contributed by atoms with Gasteiger partial charge in [-0.2, -0.15) is 5.26 Å². The Morgan fingerprint density at radius 2 is 1.45 bits per heavy atom. The van der Waals surface area contributed by atoms with Gasteiger partial charge in [0.25, 0.3) is 0 Å². The maximum Gasteiger partial charge on any atom is 0.335 e. The fourth-order valence-electron chi connectivity index (χ4n) is 1.90. The van der Waals surface area contributed by atoms with Crippen LogP contribution in [0.1, 0.15) is 15.9 Å². The third-order valence-corrected chi connectivity index (χ3v) is 3.06. The van der Waals surface area contributed by atoms with Gasteiger partial charge in [-0.3, -0.25) is 0 Å². The third-order valence-electron chi connectivity index (χ3n) is 3.06. The Morgan fingerprint density at radius 1 is 0.955 bits per heavy atom. The van der Waals surface area contributed by atoms with Crippen molar-refractivity contribution in [2.45, 2.75) is 0 Å². The van der Waals surface area contributed by atoms with Gasteiger partial charge in [-0.15, -0.1) is 10.2 Å². The molecule has 1 N–H and O–H groups in total. The van der Waals surface area contributed by atoms with Gasteiger partial charge in [-0.05, 0) is 48.5 Å². The molecule has 3 rings (SSSR count). The van der Waals surface area contributed by atoms with E-state index >= 15 is 0 Å². The number of hydrogen-bond donors (Lipinski definition) is 1. The summed E-state index contributed by atoms with van der Waals surface area (Å²) in [5.41, 5.74) is 2.08. The van der Waals surface area contributed by atoms with Gasteiger partial charge in [0.05, 0.1) is 17.2 Å². The first-order chi connectivity index (χ1) is 10.7. The number of nitriles is 1. The summed E-state index contributed by atoms with van der Waals surface area (Å²) in [5.74, 6) is -0.353. The lowest BCUT2D eigenvalue weighted by Gasteiger charge is -1.97. The summed E-state index contributed by atoms with van der Waals surface area (Å²) >= 11 is 0. The molecule has 0 atom stereocenters. The van der Waals surface area contributed by atoms with Crippen LogP contribution in [0, 0.1) is 11.3 Å². The second-order valence-corrected chi connectivity index (χ2v) is 4.48. The highest BCUT2D eigenvalue weighted by molar-refractivity contribution is 5.88. The first-order valence-corrected chi connectivity index (χ1v) is 6.35. The molecule has 0 bridgehead atoms. The SMILES string of the molecule is N#Cc1ccc(-c2nnc(-c3ccc(C(=O)O)cc3)o2)cc1. The zero-order chi connectivity index (χ0) is 15.5. The smallest absolute Gasteiger partial charge is 0.335 e. The quantitative estimate of drug-likeness (QED) is 0.796. The fraction of sp³-hybridized carbons (Fsp3) is 0. The first-order valence-electron chi connectivity index (χ1n) is 6.35. The van der Waals surface area contributed by atoms with Crippen molar-refractivity contribution in [3.05, 3.63) is 59.7 Å². The van der Waals surface area contributed by atoms with Crippen molar-refractivity contribution in [3.8, 4) is 29.0 Å². The van der Waals surface area contributed by atoms with E-state index in [-0.39, 0.29) is 5.56 Å². The van der Waals surface area contributed by atoms with Crippen LogP contribution >= 0.6 is 0 Å². The summed E-state index contributed by atoms with van der Waals surface area (Å²) < 4.78 is 5.58. The highest BCUT2D eigenvalue weighted by Crippen LogP contribution is 2.24. The molecule has 0 unspecified atom stereocenters. The topological polar surface area (TPSA) is 100 Å². The Labute approximate surface area is 125 Å². The van der Waals surface area contributed by atoms with Crippen LogP contribution in [0.3, 0.4) is 0 Å². The van der Waals surface area contributed by atoms with E-state index in [1.54, 1.807) is 36.4 Å². The van der Waals surface area contributed by atoms with Gasteiger partial charge in [0.15, 0.2) is 0 Å². The van der Waals surface area contributed by atoms with Crippen LogP contribution in [0.25, 0.3) is 22.9 Å². The molecule has 6 heteroatoms. The van der Waals surface area contributed by atoms with Crippen LogP contribution in [-0.2, 0) is 0 Å². The number of carbonyl (C=O) groups is 1. The van der Waals surface area contributed by atoms with E-state index in [1.807, 2.05) is 6.07 Å². The first kappa shape index (κ1) is 13.5. The summed E-state index contributed by atoms with van der Waals surface area (Å²) in [6.45, 7) is 0. The van der Waals surface area contributed by atoms with Crippen molar-refractivity contribution in [1.29, 1.82) is 5.26 Å². The lowest BCUT2D eigenvalue weighted by Crippen LogP contribution is -1.94. The van der Waals surface area contributed by atoms with Gasteiger partial charge in [0, 0.05) is 11.1 Å². The lowest BCUT2D eigenvalue weighted by atomic mass is 10.1. The molecule has 0 aliphatic carbocycles. The standard InChI is InChI=1S/C16H9N3O3/c17-9-10-1-3-11(4-2-10)14-18-19-15(22-14)12-5-7-13(8-6-12)16(20)21/h1-8H,(H,20,21). The summed E-state index contributed by atoms with van der Waals surface area (Å²) in [6, 6.07) is 15.0. The molecule has 3 aromatic rings. The van der Waals surface area contributed by atoms with Crippen molar-refractivity contribution in [2.24, 2.45) is 0 Å². The second kappa shape index (κ2) is 5.50. The van der Waals surface area contributed by atoms with Gasteiger partial charge in [-0.1, -0.05) is 0 Å². The Hall–Kier alpha value is -3.46. The molecule has 0 saturated carbocycles. The second-order valence-electron chi connectivity index (χ2n) is 4.48. The van der Waals surface area contributed by atoms with Crippen molar-refractivity contribution in [3.63, 3.8) is 0 Å². The van der Waals surface area contributed by atoms with E-state index in [1.165, 1.54) is 12.1 Å². The average molecular weight is 291 g/mol. The normalized spacial score (nSPS) is 10.1. The molecule has 2 aromatic carbocycles. The molecule has 0 radical (unpaired) electrons. The van der Waals surface area contributed by atoms with E-state index in [0.717, 1.165) is 0 Å². The van der Waals surface area contributed by atoms with E-state index in [0.29, 0.717) is 28.5 Å². The Balaban J connectivity index is 1.89. The largest absolute Gasteiger partial charge is 0.478 e. The Bertz CT molecular complexity index is 859. The molecule has 6 nitrogen and oxygen atoms in total. The zero-order valence-electron chi connectivity index (χ0n) is 11.2. The molecule has 0 amide bonds. The van der Waals surface area contributed by atoms with Crippen LogP contribution in [-0.4, -0.2) is 21.3 Å². The van der Waals surface area contributed by atoms with Crippen LogP contribution in [0.15, 0.2) is 52.9 Å². The van der Waals surface area contributed by atoms with Crippen molar-refractivity contribution in [2.75, 3.05) is 0 Å². The average Bonchev–Trinajstić information content (AvgIpc) is 3.05. The predicted molar refractivity (Wildman–Crippen MR) is 76.8 cm³/mol. The number of hydrogen-bond acceptors (Lipinski definition) is 5. The number of benzene rings is 2. The van der Waals surface area contributed by atoms with Crippen molar-refractivity contribution in [1.82, 2.24) is 10.2 Å². The van der Waals surface area contributed by atoms with Gasteiger partial charge in [-0.25, -0.2) is 4.79 Å². The van der Waals surface area contributed by atoms with Crippen LogP contribution in [0.5, 0.6) is 0 Å². The summed E-state index contributed by atoms with van der Waals surface area (Å²) in [7, 11) is 0. The molecule has 106 valence electrons. The molecule has 1 heterocycles. The van der Waals surface area contributed by atoms with Crippen LogP contribution in [0.4, 0.5) is 0 Å². The number of carboxylic acid groups (broad SMARTS) is 1. The summed E-state index contributed by atoms with van der Waals surface area (Å²) in [5, 5.41) is 25.5. The minimum atomic E-state index is -0.990. The van der Waals surface area contributed by atoms with E-state index in [9.17, 15) is 4.79 Å². The molecular formula is C16H9N3O3. The molecule has 0 saturated heterocycles. The minimum Gasteiger partial charge on any atom is -0.478 e. The highest BCUT2D eigenvalue weighted by Gasteiger charge is 2.11. The summed E-state index contributed by atoms with van der Waals surface area (Å²) in [6.07, 6.45) is 0. The molecule has 0 aliphatic heterocycles. The zero-order valence-corrected chi connectivity index (χ0v) is 11.2. The number of carboxylic acids is 1. The number of aromatic nitrogens is 2. The minimum absolute atomic E-state index is 0.190. The van der Waals surface area contributed by atoms with E-state index < -0.39 is 5.97 Å². The monoisotopic (exact) mass is 291 g/mol. The van der Waals surface area contributed by atoms with Crippen LogP contribution in [0.2, 0.25) is 0 Å². The Morgan fingerprint density at radius 3 is 1.91 bits per heavy atom. The molecule has 0 fully saturated rings. The van der Waals surface area contributed by atoms with Gasteiger partial charge in [0.2, 0.25) is 11.8 Å². The predicted octanol–water partition coefficient (Wildman–Crippen LogP) is 2.97. The lowest BCUT2D eigenvalue weighted by molar-refractivity contribution is 0.0697. The van der Waals surface area contributed by atoms with Crippen molar-refractivity contribution < 1.29 is 14.3 Å². The molecule has 0 spiro atoms. The Kier molecular flexibility index (Phi) is 3.38. The molecule has 22 heavy (non-hydrogen) atoms. The summed E-state index contributed by atoms with van der Waals surface area (Å²) in [4.78, 5) is 10.8. The van der Waals surface area contributed by atoms with Gasteiger partial charge in [0.1, 0.15) is 0 Å². The number of rotatable bonds is 3. The molecule has 0 aliphatic rings. The van der Waals surface area contributed by atoms with E-state index in [2.05, 4.69) is 10.2 Å². The molecular weight excluding hydrogens is 282 g/mol. The van der Waals surface area contributed by atoms with Crippen molar-refractivity contribution >= 4 is 5.97 Å².